The highest BCUT2D eigenvalue weighted by molar-refractivity contribution is 9.09. The van der Waals surface area contributed by atoms with Gasteiger partial charge in [0.2, 0.25) is 11.8 Å². The van der Waals surface area contributed by atoms with Gasteiger partial charge in [-0.05, 0) is 25.2 Å². The molecule has 3 aliphatic rings. The predicted molar refractivity (Wildman–Crippen MR) is 142 cm³/mol. The van der Waals surface area contributed by atoms with Crippen molar-refractivity contribution in [2.24, 2.45) is 17.8 Å². The molecule has 0 saturated carbocycles. The number of esters is 1. The minimum Gasteiger partial charge on any atom is -0.461 e. The van der Waals surface area contributed by atoms with Gasteiger partial charge in [-0.3, -0.25) is 14.4 Å². The Labute approximate surface area is 221 Å². The van der Waals surface area contributed by atoms with Gasteiger partial charge in [0, 0.05) is 23.2 Å². The number of ether oxygens (including phenoxy) is 1. The number of nitrogens with zero attached hydrogens (tertiary/aromatic N) is 2. The normalized spacial score (nSPS) is 32.0. The van der Waals surface area contributed by atoms with Gasteiger partial charge >= 0.3 is 5.97 Å². The number of hydrogen-bond acceptors (Lipinski definition) is 6. The lowest BCUT2D eigenvalue weighted by molar-refractivity contribution is -0.153. The van der Waals surface area contributed by atoms with Crippen LogP contribution in [0, 0.1) is 17.8 Å². The molecule has 0 aromatic carbocycles. The summed E-state index contributed by atoms with van der Waals surface area (Å²) in [6.45, 7) is 14.4. The molecule has 0 aliphatic carbocycles. The van der Waals surface area contributed by atoms with Crippen molar-refractivity contribution in [3.05, 3.63) is 25.3 Å². The number of rotatable bonds is 13. The van der Waals surface area contributed by atoms with Gasteiger partial charge in [-0.25, -0.2) is 0 Å². The molecule has 2 bridgehead atoms. The van der Waals surface area contributed by atoms with Crippen molar-refractivity contribution >= 4 is 45.5 Å². The van der Waals surface area contributed by atoms with Crippen LogP contribution in [-0.2, 0) is 19.1 Å². The van der Waals surface area contributed by atoms with Crippen molar-refractivity contribution in [2.75, 3.05) is 26.3 Å². The number of alkyl halides is 1. The maximum Gasteiger partial charge on any atom is 0.311 e. The molecule has 35 heavy (non-hydrogen) atoms. The second kappa shape index (κ2) is 11.8. The van der Waals surface area contributed by atoms with Crippen LogP contribution in [-0.4, -0.2) is 85.9 Å². The lowest BCUT2D eigenvalue weighted by atomic mass is 9.71. The lowest BCUT2D eigenvalue weighted by Crippen LogP contribution is -2.58. The van der Waals surface area contributed by atoms with Crippen LogP contribution in [0.15, 0.2) is 25.3 Å². The van der Waals surface area contributed by atoms with Crippen LogP contribution in [0.4, 0.5) is 0 Å². The van der Waals surface area contributed by atoms with E-state index >= 15 is 0 Å². The van der Waals surface area contributed by atoms with Gasteiger partial charge in [-0.1, -0.05) is 61.9 Å². The van der Waals surface area contributed by atoms with Crippen LogP contribution in [0.1, 0.15) is 46.5 Å². The summed E-state index contributed by atoms with van der Waals surface area (Å²) in [5, 5.41) is 10.2. The molecule has 1 spiro atoms. The van der Waals surface area contributed by atoms with E-state index in [0.717, 1.165) is 12.8 Å². The molecule has 0 aromatic rings. The first kappa shape index (κ1) is 28.3. The fraction of sp³-hybridized carbons (Fsp3) is 0.731. The number of unbranched alkanes of at least 4 members (excludes halogenated alkanes) is 1. The van der Waals surface area contributed by atoms with Crippen LogP contribution in [0.5, 0.6) is 0 Å². The largest absolute Gasteiger partial charge is 0.461 e. The first-order valence-electron chi connectivity index (χ1n) is 12.6. The number of fused-ring (bicyclic) bond motifs is 1. The summed E-state index contributed by atoms with van der Waals surface area (Å²) in [4.78, 5) is 44.9. The van der Waals surface area contributed by atoms with Gasteiger partial charge in [0.25, 0.3) is 0 Å². The molecule has 2 amide bonds. The molecule has 3 heterocycles. The third-order valence-electron chi connectivity index (χ3n) is 7.37. The summed E-state index contributed by atoms with van der Waals surface area (Å²) < 4.78 is 4.68. The molecule has 3 unspecified atom stereocenters. The Morgan fingerprint density at radius 3 is 2.66 bits per heavy atom. The van der Waals surface area contributed by atoms with Gasteiger partial charge in [-0.15, -0.1) is 18.3 Å². The monoisotopic (exact) mass is 570 g/mol. The quantitative estimate of drug-likeness (QED) is 0.207. The zero-order valence-electron chi connectivity index (χ0n) is 21.0. The Bertz CT molecular complexity index is 839. The van der Waals surface area contributed by atoms with Crippen LogP contribution in [0.3, 0.4) is 0 Å². The van der Waals surface area contributed by atoms with Crippen molar-refractivity contribution in [3.8, 4) is 0 Å². The molecule has 0 radical (unpaired) electrons. The van der Waals surface area contributed by atoms with Gasteiger partial charge in [0.05, 0.1) is 29.2 Å². The van der Waals surface area contributed by atoms with Crippen LogP contribution in [0.2, 0.25) is 0 Å². The Hall–Kier alpha value is -1.32. The summed E-state index contributed by atoms with van der Waals surface area (Å²) in [6, 6.07) is -1.24. The SMILES string of the molecule is C=CCOC(=O)[C@H]1[C@@H]2SC3(CC2Br)C(C(=O)N(CC=C)CCCC)N([C@@H](CO)CC(C)C)C(=O)[C@H]13. The predicted octanol–water partition coefficient (Wildman–Crippen LogP) is 3.40. The van der Waals surface area contributed by atoms with Crippen molar-refractivity contribution in [2.45, 2.75) is 73.4 Å². The zero-order chi connectivity index (χ0) is 25.9. The maximum absolute atomic E-state index is 14.2. The van der Waals surface area contributed by atoms with E-state index < -0.39 is 34.6 Å². The molecule has 9 heteroatoms. The van der Waals surface area contributed by atoms with E-state index in [1.165, 1.54) is 6.08 Å². The van der Waals surface area contributed by atoms with Crippen LogP contribution in [0.25, 0.3) is 0 Å². The molecule has 3 saturated heterocycles. The van der Waals surface area contributed by atoms with E-state index in [-0.39, 0.29) is 41.0 Å². The van der Waals surface area contributed by atoms with Crippen molar-refractivity contribution in [3.63, 3.8) is 0 Å². The van der Waals surface area contributed by atoms with E-state index in [1.807, 2.05) is 13.8 Å². The molecule has 7 atom stereocenters. The summed E-state index contributed by atoms with van der Waals surface area (Å²) in [7, 11) is 0. The van der Waals surface area contributed by atoms with Crippen LogP contribution >= 0.6 is 27.7 Å². The van der Waals surface area contributed by atoms with Crippen molar-refractivity contribution in [1.29, 1.82) is 0 Å². The number of carbonyl (C=O) groups excluding carboxylic acids is 3. The molecular weight excluding hydrogens is 532 g/mol. The topological polar surface area (TPSA) is 87.2 Å². The number of aliphatic hydroxyl groups is 1. The van der Waals surface area contributed by atoms with Gasteiger partial charge < -0.3 is 19.6 Å². The van der Waals surface area contributed by atoms with Crippen molar-refractivity contribution in [1.82, 2.24) is 9.80 Å². The average Bonchev–Trinajstić information content (AvgIpc) is 3.41. The molecule has 196 valence electrons. The van der Waals surface area contributed by atoms with Crippen molar-refractivity contribution < 1.29 is 24.2 Å². The third kappa shape index (κ3) is 5.10. The number of carbonyl (C=O) groups is 3. The molecule has 3 aliphatic heterocycles. The fourth-order valence-electron chi connectivity index (χ4n) is 6.04. The molecule has 3 rings (SSSR count). The smallest absolute Gasteiger partial charge is 0.311 e. The third-order valence-corrected chi connectivity index (χ3v) is 10.6. The average molecular weight is 572 g/mol. The lowest BCUT2D eigenvalue weighted by Gasteiger charge is -2.40. The van der Waals surface area contributed by atoms with E-state index in [1.54, 1.807) is 27.6 Å². The van der Waals surface area contributed by atoms with Gasteiger partial charge in [0.15, 0.2) is 0 Å². The molecular formula is C26H39BrN2O5S. The number of likely N-dealkylation sites (tertiary alicyclic amines) is 1. The molecule has 3 fully saturated rings. The minimum absolute atomic E-state index is 0.0192. The summed E-state index contributed by atoms with van der Waals surface area (Å²) in [5.74, 6) is -1.84. The number of amides is 2. The first-order chi connectivity index (χ1) is 16.7. The molecule has 0 aromatic heterocycles. The fourth-order valence-corrected chi connectivity index (χ4v) is 9.62. The number of aliphatic hydroxyl groups excluding tert-OH is 1. The standard InChI is InChI=1S/C26H39BrN2O5S/c1-6-9-11-28(10-7-2)24(32)22-26-14-18(27)21(35-26)19(25(33)34-12-8-3)20(26)23(31)29(22)17(15-30)13-16(4)5/h7-8,16-22,30H,2-3,6,9-15H2,1,4-5H3/t17-,18?,19-,20+,21-,22?,26?/m1/s1. The highest BCUT2D eigenvalue weighted by Crippen LogP contribution is 2.68. The van der Waals surface area contributed by atoms with E-state index in [2.05, 4.69) is 36.0 Å². The first-order valence-corrected chi connectivity index (χ1v) is 14.4. The highest BCUT2D eigenvalue weighted by atomic mass is 79.9. The maximum atomic E-state index is 14.2. The number of hydrogen-bond donors (Lipinski definition) is 1. The Balaban J connectivity index is 2.09. The molecule has 1 N–H and O–H groups in total. The minimum atomic E-state index is -0.750. The number of halogens is 1. The Kier molecular flexibility index (Phi) is 9.54. The van der Waals surface area contributed by atoms with Gasteiger partial charge in [-0.2, -0.15) is 0 Å². The number of thioether (sulfide) groups is 1. The summed E-state index contributed by atoms with van der Waals surface area (Å²) in [5.41, 5.74) is 0. The Morgan fingerprint density at radius 1 is 1.37 bits per heavy atom. The Morgan fingerprint density at radius 2 is 2.09 bits per heavy atom. The highest BCUT2D eigenvalue weighted by Gasteiger charge is 2.76. The zero-order valence-corrected chi connectivity index (χ0v) is 23.4. The second-order valence-electron chi connectivity index (χ2n) is 10.2. The summed E-state index contributed by atoms with van der Waals surface area (Å²) >= 11 is 5.34. The second-order valence-corrected chi connectivity index (χ2v) is 12.9. The molecule has 7 nitrogen and oxygen atoms in total. The van der Waals surface area contributed by atoms with Crippen LogP contribution < -0.4 is 0 Å². The van der Waals surface area contributed by atoms with E-state index in [9.17, 15) is 19.5 Å². The van der Waals surface area contributed by atoms with Gasteiger partial charge in [0.1, 0.15) is 12.6 Å². The van der Waals surface area contributed by atoms with E-state index in [0.29, 0.717) is 25.9 Å². The van der Waals surface area contributed by atoms with E-state index in [4.69, 9.17) is 4.74 Å². The summed E-state index contributed by atoms with van der Waals surface area (Å²) in [6.07, 6.45) is 6.18.